The molecule has 1 fully saturated rings. The zero-order valence-electron chi connectivity index (χ0n) is 11.0. The van der Waals surface area contributed by atoms with Crippen LogP contribution < -0.4 is 10.5 Å². The minimum absolute atomic E-state index is 0.0731. The van der Waals surface area contributed by atoms with Crippen molar-refractivity contribution < 1.29 is 9.66 Å². The molecule has 0 spiro atoms. The van der Waals surface area contributed by atoms with Crippen molar-refractivity contribution in [2.45, 2.75) is 13.0 Å². The van der Waals surface area contributed by atoms with Gasteiger partial charge in [0.15, 0.2) is 0 Å². The number of benzene rings is 1. The second kappa shape index (κ2) is 5.99. The number of nitro groups is 1. The van der Waals surface area contributed by atoms with Crippen LogP contribution in [0.25, 0.3) is 0 Å². The molecule has 0 aromatic heterocycles. The van der Waals surface area contributed by atoms with Gasteiger partial charge in [-0.3, -0.25) is 15.0 Å². The van der Waals surface area contributed by atoms with E-state index >= 15 is 0 Å². The summed E-state index contributed by atoms with van der Waals surface area (Å²) in [6.45, 7) is 3.36. The number of nitro benzene ring substituents is 1. The van der Waals surface area contributed by atoms with E-state index in [4.69, 9.17) is 10.5 Å². The summed E-state index contributed by atoms with van der Waals surface area (Å²) < 4.78 is 5.11. The molecular formula is C13H19N3O3. The molecule has 1 unspecified atom stereocenters. The molecule has 0 radical (unpaired) electrons. The minimum atomic E-state index is -0.390. The smallest absolute Gasteiger partial charge is 0.273 e. The summed E-state index contributed by atoms with van der Waals surface area (Å²) in [4.78, 5) is 12.8. The van der Waals surface area contributed by atoms with Crippen LogP contribution in [-0.2, 0) is 6.54 Å². The number of likely N-dealkylation sites (tertiary alicyclic amines) is 1. The van der Waals surface area contributed by atoms with E-state index in [1.165, 1.54) is 13.2 Å². The van der Waals surface area contributed by atoms with Gasteiger partial charge in [-0.2, -0.15) is 0 Å². The lowest BCUT2D eigenvalue weighted by Crippen LogP contribution is -2.22. The van der Waals surface area contributed by atoms with Crippen molar-refractivity contribution in [1.82, 2.24) is 4.90 Å². The van der Waals surface area contributed by atoms with E-state index in [1.807, 2.05) is 6.07 Å². The van der Waals surface area contributed by atoms with Gasteiger partial charge in [-0.1, -0.05) is 0 Å². The lowest BCUT2D eigenvalue weighted by atomic mass is 10.1. The molecule has 0 amide bonds. The van der Waals surface area contributed by atoms with E-state index in [-0.39, 0.29) is 5.69 Å². The van der Waals surface area contributed by atoms with E-state index in [2.05, 4.69) is 4.90 Å². The van der Waals surface area contributed by atoms with E-state index in [0.717, 1.165) is 25.1 Å². The topological polar surface area (TPSA) is 81.6 Å². The molecule has 2 N–H and O–H groups in total. The molecule has 1 aromatic rings. The van der Waals surface area contributed by atoms with Crippen molar-refractivity contribution in [3.63, 3.8) is 0 Å². The molecular weight excluding hydrogens is 246 g/mol. The van der Waals surface area contributed by atoms with Crippen LogP contribution >= 0.6 is 0 Å². The zero-order chi connectivity index (χ0) is 13.8. The Morgan fingerprint density at radius 1 is 1.53 bits per heavy atom. The van der Waals surface area contributed by atoms with Gasteiger partial charge in [0.2, 0.25) is 0 Å². The standard InChI is InChI=1S/C13H19N3O3/c1-19-13-5-11(4-12(6-13)16(17)18)9-15-3-2-10(7-14)8-15/h4-6,10H,2-3,7-9,14H2,1H3. The first-order valence-electron chi connectivity index (χ1n) is 6.37. The highest BCUT2D eigenvalue weighted by Gasteiger charge is 2.22. The number of nitrogens with zero attached hydrogens (tertiary/aromatic N) is 2. The monoisotopic (exact) mass is 265 g/mol. The van der Waals surface area contributed by atoms with Gasteiger partial charge in [0.05, 0.1) is 18.1 Å². The van der Waals surface area contributed by atoms with Gasteiger partial charge < -0.3 is 10.5 Å². The fourth-order valence-corrected chi connectivity index (χ4v) is 2.47. The Morgan fingerprint density at radius 2 is 2.32 bits per heavy atom. The average molecular weight is 265 g/mol. The SMILES string of the molecule is COc1cc(CN2CCC(CN)C2)cc([N+](=O)[O-])c1. The first-order valence-corrected chi connectivity index (χ1v) is 6.37. The maximum Gasteiger partial charge on any atom is 0.273 e. The molecule has 1 aliphatic rings. The quantitative estimate of drug-likeness (QED) is 0.642. The van der Waals surface area contributed by atoms with Crippen LogP contribution in [0.1, 0.15) is 12.0 Å². The maximum absolute atomic E-state index is 10.9. The van der Waals surface area contributed by atoms with Crippen LogP contribution in [0.4, 0.5) is 5.69 Å². The largest absolute Gasteiger partial charge is 0.496 e. The summed E-state index contributed by atoms with van der Waals surface area (Å²) in [5.41, 5.74) is 6.64. The Kier molecular flexibility index (Phi) is 4.34. The molecule has 104 valence electrons. The molecule has 6 heteroatoms. The summed E-state index contributed by atoms with van der Waals surface area (Å²) in [6.07, 6.45) is 1.10. The van der Waals surface area contributed by atoms with Crippen LogP contribution in [0.2, 0.25) is 0 Å². The van der Waals surface area contributed by atoms with Crippen molar-refractivity contribution in [3.05, 3.63) is 33.9 Å². The van der Waals surface area contributed by atoms with Gasteiger partial charge >= 0.3 is 0 Å². The highest BCUT2D eigenvalue weighted by molar-refractivity contribution is 5.42. The average Bonchev–Trinajstić information content (AvgIpc) is 2.85. The van der Waals surface area contributed by atoms with Crippen molar-refractivity contribution in [1.29, 1.82) is 0 Å². The third kappa shape index (κ3) is 3.42. The van der Waals surface area contributed by atoms with E-state index in [9.17, 15) is 10.1 Å². The van der Waals surface area contributed by atoms with Crippen molar-refractivity contribution in [3.8, 4) is 5.75 Å². The highest BCUT2D eigenvalue weighted by atomic mass is 16.6. The molecule has 1 aliphatic heterocycles. The normalized spacial score (nSPS) is 19.6. The number of non-ortho nitro benzene ring substituents is 1. The Hall–Kier alpha value is -1.66. The lowest BCUT2D eigenvalue weighted by Gasteiger charge is -2.16. The van der Waals surface area contributed by atoms with Gasteiger partial charge in [-0.15, -0.1) is 0 Å². The molecule has 2 rings (SSSR count). The van der Waals surface area contributed by atoms with E-state index in [0.29, 0.717) is 24.8 Å². The molecule has 1 atom stereocenters. The maximum atomic E-state index is 10.9. The summed E-state index contributed by atoms with van der Waals surface area (Å²) >= 11 is 0. The number of nitrogens with two attached hydrogens (primary N) is 1. The Labute approximate surface area is 112 Å². The van der Waals surface area contributed by atoms with Crippen LogP contribution in [0.3, 0.4) is 0 Å². The molecule has 0 bridgehead atoms. The van der Waals surface area contributed by atoms with Gasteiger partial charge in [0.1, 0.15) is 5.75 Å². The molecule has 1 heterocycles. The molecule has 0 saturated carbocycles. The third-order valence-electron chi connectivity index (χ3n) is 3.51. The summed E-state index contributed by atoms with van der Waals surface area (Å²) in [5, 5.41) is 10.9. The number of ether oxygens (including phenoxy) is 1. The fourth-order valence-electron chi connectivity index (χ4n) is 2.47. The number of rotatable bonds is 5. The summed E-state index contributed by atoms with van der Waals surface area (Å²) in [6, 6.07) is 4.90. The van der Waals surface area contributed by atoms with Crippen LogP contribution in [0.5, 0.6) is 5.75 Å². The summed E-state index contributed by atoms with van der Waals surface area (Å²) in [7, 11) is 1.52. The van der Waals surface area contributed by atoms with Crippen LogP contribution in [0, 0.1) is 16.0 Å². The predicted octanol–water partition coefficient (Wildman–Crippen LogP) is 1.38. The Bertz CT molecular complexity index is 464. The number of methoxy groups -OCH3 is 1. The zero-order valence-corrected chi connectivity index (χ0v) is 11.0. The Morgan fingerprint density at radius 3 is 2.89 bits per heavy atom. The van der Waals surface area contributed by atoms with E-state index in [1.54, 1.807) is 6.07 Å². The molecule has 6 nitrogen and oxygen atoms in total. The lowest BCUT2D eigenvalue weighted by molar-refractivity contribution is -0.385. The second-order valence-electron chi connectivity index (χ2n) is 4.92. The molecule has 19 heavy (non-hydrogen) atoms. The molecule has 0 aliphatic carbocycles. The minimum Gasteiger partial charge on any atom is -0.496 e. The molecule has 1 saturated heterocycles. The first kappa shape index (κ1) is 13.8. The number of hydrogen-bond donors (Lipinski definition) is 1. The summed E-state index contributed by atoms with van der Waals surface area (Å²) in [5.74, 6) is 1.07. The predicted molar refractivity (Wildman–Crippen MR) is 72.1 cm³/mol. The van der Waals surface area contributed by atoms with Gasteiger partial charge in [-0.25, -0.2) is 0 Å². The van der Waals surface area contributed by atoms with Crippen molar-refractivity contribution >= 4 is 5.69 Å². The first-order chi connectivity index (χ1) is 9.12. The second-order valence-corrected chi connectivity index (χ2v) is 4.92. The van der Waals surface area contributed by atoms with Crippen molar-refractivity contribution in [2.24, 2.45) is 11.7 Å². The van der Waals surface area contributed by atoms with Gasteiger partial charge in [0, 0.05) is 19.2 Å². The third-order valence-corrected chi connectivity index (χ3v) is 3.51. The van der Waals surface area contributed by atoms with E-state index < -0.39 is 4.92 Å². The van der Waals surface area contributed by atoms with Gasteiger partial charge in [0.25, 0.3) is 5.69 Å². The highest BCUT2D eigenvalue weighted by Crippen LogP contribution is 2.25. The fraction of sp³-hybridized carbons (Fsp3) is 0.538. The molecule has 1 aromatic carbocycles. The Balaban J connectivity index is 2.11. The number of hydrogen-bond acceptors (Lipinski definition) is 5. The van der Waals surface area contributed by atoms with Crippen LogP contribution in [-0.4, -0.2) is 36.6 Å². The van der Waals surface area contributed by atoms with Crippen LogP contribution in [0.15, 0.2) is 18.2 Å². The van der Waals surface area contributed by atoms with Crippen molar-refractivity contribution in [2.75, 3.05) is 26.7 Å². The van der Waals surface area contributed by atoms with Gasteiger partial charge in [-0.05, 0) is 37.1 Å².